The van der Waals surface area contributed by atoms with E-state index in [1.165, 1.54) is 10.8 Å². The van der Waals surface area contributed by atoms with Crippen molar-refractivity contribution in [2.75, 3.05) is 0 Å². The Balaban J connectivity index is 2.40. The molecule has 1 fully saturated rings. The number of hydrogen-bond donors (Lipinski definition) is 1. The van der Waals surface area contributed by atoms with Gasteiger partial charge < -0.3 is 10.3 Å². The topological polar surface area (TPSA) is 43.8 Å². The fraction of sp³-hybridized carbons (Fsp3) is 0.571. The van der Waals surface area contributed by atoms with E-state index in [-0.39, 0.29) is 12.2 Å². The number of rotatable bonds is 1. The van der Waals surface area contributed by atoms with Crippen molar-refractivity contribution in [1.29, 1.82) is 0 Å². The third kappa shape index (κ3) is 0.741. The number of aromatic nitrogens is 2. The van der Waals surface area contributed by atoms with Gasteiger partial charge in [-0.25, -0.2) is 13.8 Å². The smallest absolute Gasteiger partial charge is 0.275 e. The first-order valence-electron chi connectivity index (χ1n) is 3.62. The molecule has 1 atom stereocenters. The van der Waals surface area contributed by atoms with Gasteiger partial charge in [-0.3, -0.25) is 0 Å². The van der Waals surface area contributed by atoms with Gasteiger partial charge in [-0.1, -0.05) is 0 Å². The summed E-state index contributed by atoms with van der Waals surface area (Å²) >= 11 is 0. The molecule has 0 spiro atoms. The summed E-state index contributed by atoms with van der Waals surface area (Å²) in [6.07, 6.45) is 2.78. The number of nitrogens with zero attached hydrogens (tertiary/aromatic N) is 2. The van der Waals surface area contributed by atoms with Gasteiger partial charge in [0.2, 0.25) is 0 Å². The molecule has 0 bridgehead atoms. The van der Waals surface area contributed by atoms with Crippen LogP contribution < -0.4 is 5.73 Å². The Labute approximate surface area is 68.2 Å². The van der Waals surface area contributed by atoms with E-state index in [4.69, 9.17) is 5.73 Å². The highest BCUT2D eigenvalue weighted by molar-refractivity contribution is 5.26. The van der Waals surface area contributed by atoms with Crippen LogP contribution in [0.2, 0.25) is 0 Å². The highest BCUT2D eigenvalue weighted by Gasteiger charge is 2.72. The second-order valence-electron chi connectivity index (χ2n) is 3.21. The third-order valence-electron chi connectivity index (χ3n) is 2.25. The molecule has 1 aliphatic carbocycles. The predicted molar refractivity (Wildman–Crippen MR) is 38.6 cm³/mol. The van der Waals surface area contributed by atoms with Gasteiger partial charge >= 0.3 is 0 Å². The van der Waals surface area contributed by atoms with Gasteiger partial charge in [0, 0.05) is 25.9 Å². The number of aryl methyl sites for hydroxylation is 1. The Bertz CT molecular complexity index is 320. The molecule has 1 saturated carbocycles. The van der Waals surface area contributed by atoms with E-state index in [0.717, 1.165) is 0 Å². The van der Waals surface area contributed by atoms with Gasteiger partial charge in [0.25, 0.3) is 5.92 Å². The van der Waals surface area contributed by atoms with Gasteiger partial charge in [-0.2, -0.15) is 0 Å². The average molecular weight is 173 g/mol. The van der Waals surface area contributed by atoms with Crippen LogP contribution in [0.25, 0.3) is 0 Å². The molecule has 2 N–H and O–H groups in total. The summed E-state index contributed by atoms with van der Waals surface area (Å²) in [7, 11) is 1.66. The monoisotopic (exact) mass is 173 g/mol. The maximum absolute atomic E-state index is 12.7. The Kier molecular flexibility index (Phi) is 1.18. The molecule has 3 nitrogen and oxygen atoms in total. The summed E-state index contributed by atoms with van der Waals surface area (Å²) in [5.74, 6) is -2.53. The van der Waals surface area contributed by atoms with Crippen LogP contribution in [0.15, 0.2) is 12.4 Å². The Morgan fingerprint density at radius 1 is 1.67 bits per heavy atom. The van der Waals surface area contributed by atoms with Gasteiger partial charge in [0.05, 0.1) is 0 Å². The summed E-state index contributed by atoms with van der Waals surface area (Å²) in [5, 5.41) is 0. The second-order valence-corrected chi connectivity index (χ2v) is 3.21. The van der Waals surface area contributed by atoms with Crippen LogP contribution in [0, 0.1) is 0 Å². The Hall–Kier alpha value is -0.970. The number of imidazole rings is 1. The fourth-order valence-corrected chi connectivity index (χ4v) is 1.34. The lowest BCUT2D eigenvalue weighted by atomic mass is 10.2. The Morgan fingerprint density at radius 2 is 2.25 bits per heavy atom. The highest BCUT2D eigenvalue weighted by Crippen LogP contribution is 2.56. The van der Waals surface area contributed by atoms with Crippen molar-refractivity contribution in [3.63, 3.8) is 0 Å². The first-order chi connectivity index (χ1) is 5.47. The van der Waals surface area contributed by atoms with Crippen LogP contribution in [-0.4, -0.2) is 15.5 Å². The van der Waals surface area contributed by atoms with Crippen molar-refractivity contribution < 1.29 is 8.78 Å². The zero-order valence-electron chi connectivity index (χ0n) is 6.59. The van der Waals surface area contributed by atoms with Gasteiger partial charge in [0.15, 0.2) is 0 Å². The molecule has 0 aliphatic heterocycles. The minimum atomic E-state index is -2.79. The summed E-state index contributed by atoms with van der Waals surface area (Å²) in [6.45, 7) is 0. The van der Waals surface area contributed by atoms with Crippen molar-refractivity contribution in [1.82, 2.24) is 9.55 Å². The van der Waals surface area contributed by atoms with Crippen molar-refractivity contribution in [2.45, 2.75) is 17.9 Å². The standard InChI is InChI=1S/C7H9F2N3/c1-12-3-2-11-5(12)6(10)4-7(6,8)9/h2-3H,4,10H2,1H3. The fourth-order valence-electron chi connectivity index (χ4n) is 1.34. The first kappa shape index (κ1) is 7.67. The molecule has 0 saturated heterocycles. The lowest BCUT2D eigenvalue weighted by molar-refractivity contribution is 0.0863. The molecule has 1 unspecified atom stereocenters. The van der Waals surface area contributed by atoms with Crippen LogP contribution >= 0.6 is 0 Å². The van der Waals surface area contributed by atoms with Crippen LogP contribution in [-0.2, 0) is 12.6 Å². The molecule has 2 rings (SSSR count). The average Bonchev–Trinajstić information content (AvgIpc) is 2.36. The molecule has 5 heteroatoms. The highest BCUT2D eigenvalue weighted by atomic mass is 19.3. The molecular weight excluding hydrogens is 164 g/mol. The summed E-state index contributed by atoms with van der Waals surface area (Å²) in [4.78, 5) is 3.80. The maximum Gasteiger partial charge on any atom is 0.275 e. The Morgan fingerprint density at radius 3 is 2.58 bits per heavy atom. The maximum atomic E-state index is 12.7. The number of hydrogen-bond acceptors (Lipinski definition) is 2. The molecule has 1 aromatic heterocycles. The quantitative estimate of drug-likeness (QED) is 0.676. The van der Waals surface area contributed by atoms with E-state index >= 15 is 0 Å². The van der Waals surface area contributed by atoms with Gasteiger partial charge in [-0.05, 0) is 0 Å². The van der Waals surface area contributed by atoms with E-state index < -0.39 is 11.5 Å². The second kappa shape index (κ2) is 1.85. The zero-order chi connectivity index (χ0) is 8.98. The molecule has 12 heavy (non-hydrogen) atoms. The van der Waals surface area contributed by atoms with Crippen molar-refractivity contribution >= 4 is 0 Å². The normalized spacial score (nSPS) is 32.0. The van der Waals surface area contributed by atoms with Crippen molar-refractivity contribution in [3.8, 4) is 0 Å². The predicted octanol–water partition coefficient (Wildman–Crippen LogP) is 0.613. The minimum Gasteiger partial charge on any atom is -0.336 e. The van der Waals surface area contributed by atoms with Crippen LogP contribution in [0.3, 0.4) is 0 Å². The molecule has 0 radical (unpaired) electrons. The molecule has 1 aromatic rings. The number of halogens is 2. The van der Waals surface area contributed by atoms with Crippen LogP contribution in [0.5, 0.6) is 0 Å². The van der Waals surface area contributed by atoms with E-state index in [2.05, 4.69) is 4.98 Å². The van der Waals surface area contributed by atoms with Gasteiger partial charge in [0.1, 0.15) is 11.4 Å². The van der Waals surface area contributed by atoms with Gasteiger partial charge in [-0.15, -0.1) is 0 Å². The zero-order valence-corrected chi connectivity index (χ0v) is 6.59. The summed E-state index contributed by atoms with van der Waals surface area (Å²) in [6, 6.07) is 0. The molecule has 0 amide bonds. The van der Waals surface area contributed by atoms with Crippen molar-refractivity contribution in [3.05, 3.63) is 18.2 Å². The number of alkyl halides is 2. The number of nitrogens with two attached hydrogens (primary N) is 1. The van der Waals surface area contributed by atoms with Crippen LogP contribution in [0.4, 0.5) is 8.78 Å². The molecule has 1 aliphatic rings. The molecule has 0 aromatic carbocycles. The SMILES string of the molecule is Cn1ccnc1C1(N)CC1(F)F. The summed E-state index contributed by atoms with van der Waals surface area (Å²) < 4.78 is 27.0. The van der Waals surface area contributed by atoms with Crippen LogP contribution in [0.1, 0.15) is 12.2 Å². The van der Waals surface area contributed by atoms with E-state index in [1.807, 2.05) is 0 Å². The molecular formula is C7H9F2N3. The lowest BCUT2D eigenvalue weighted by Gasteiger charge is -2.09. The van der Waals surface area contributed by atoms with E-state index in [0.29, 0.717) is 0 Å². The first-order valence-corrected chi connectivity index (χ1v) is 3.62. The molecule has 1 heterocycles. The lowest BCUT2D eigenvalue weighted by Crippen LogP contribution is -2.30. The molecule has 66 valence electrons. The van der Waals surface area contributed by atoms with E-state index in [1.54, 1.807) is 13.2 Å². The summed E-state index contributed by atoms with van der Waals surface area (Å²) in [5.41, 5.74) is 3.94. The van der Waals surface area contributed by atoms with Crippen molar-refractivity contribution in [2.24, 2.45) is 12.8 Å². The minimum absolute atomic E-state index is 0.257. The third-order valence-corrected chi connectivity index (χ3v) is 2.25. The van der Waals surface area contributed by atoms with E-state index in [9.17, 15) is 8.78 Å². The largest absolute Gasteiger partial charge is 0.336 e.